The van der Waals surface area contributed by atoms with Crippen LogP contribution >= 0.6 is 0 Å². The van der Waals surface area contributed by atoms with Crippen molar-refractivity contribution in [2.24, 2.45) is 0 Å². The monoisotopic (exact) mass is 327 g/mol. The predicted octanol–water partition coefficient (Wildman–Crippen LogP) is -0.0393. The first-order chi connectivity index (χ1) is 9.54. The highest BCUT2D eigenvalue weighted by Gasteiger charge is 2.44. The standard InChI is InChI=1S/C12H23F2N3O3S/c1-15(2)21(19,20)17-8-3-11(18,10-17)9-16-6-4-12(13,14)5-7-16/h18H,3-10H2,1-2H3/t11-/m1/s1. The van der Waals surface area contributed by atoms with Crippen molar-refractivity contribution in [2.75, 3.05) is 46.8 Å². The van der Waals surface area contributed by atoms with Crippen LogP contribution in [0, 0.1) is 0 Å². The summed E-state index contributed by atoms with van der Waals surface area (Å²) in [6.45, 7) is 0.968. The molecule has 2 rings (SSSR count). The van der Waals surface area contributed by atoms with Crippen LogP contribution < -0.4 is 0 Å². The van der Waals surface area contributed by atoms with Gasteiger partial charge in [0.05, 0.1) is 5.60 Å². The van der Waals surface area contributed by atoms with Crippen molar-refractivity contribution in [2.45, 2.75) is 30.8 Å². The minimum absolute atomic E-state index is 0.0143. The molecular weight excluding hydrogens is 304 g/mol. The molecule has 0 aromatic heterocycles. The molecule has 0 aromatic rings. The van der Waals surface area contributed by atoms with E-state index in [9.17, 15) is 22.3 Å². The fraction of sp³-hybridized carbons (Fsp3) is 1.00. The molecule has 124 valence electrons. The lowest BCUT2D eigenvalue weighted by atomic mass is 10.00. The van der Waals surface area contributed by atoms with Gasteiger partial charge in [-0.25, -0.2) is 8.78 Å². The molecule has 2 aliphatic heterocycles. The molecule has 2 heterocycles. The topological polar surface area (TPSA) is 64.1 Å². The molecule has 0 unspecified atom stereocenters. The zero-order valence-electron chi connectivity index (χ0n) is 12.4. The summed E-state index contributed by atoms with van der Waals surface area (Å²) in [5, 5.41) is 10.5. The Balaban J connectivity index is 1.93. The van der Waals surface area contributed by atoms with Crippen molar-refractivity contribution in [1.82, 2.24) is 13.5 Å². The van der Waals surface area contributed by atoms with Crippen molar-refractivity contribution in [3.63, 3.8) is 0 Å². The molecule has 0 aliphatic carbocycles. The quantitative estimate of drug-likeness (QED) is 0.787. The molecule has 2 saturated heterocycles. The van der Waals surface area contributed by atoms with E-state index in [4.69, 9.17) is 0 Å². The summed E-state index contributed by atoms with van der Waals surface area (Å²) in [7, 11) is -0.651. The van der Waals surface area contributed by atoms with Gasteiger partial charge in [0.15, 0.2) is 0 Å². The molecule has 21 heavy (non-hydrogen) atoms. The van der Waals surface area contributed by atoms with Crippen LogP contribution in [0.25, 0.3) is 0 Å². The number of hydrogen-bond donors (Lipinski definition) is 1. The van der Waals surface area contributed by atoms with Gasteiger partial charge in [-0.1, -0.05) is 0 Å². The Kier molecular flexibility index (Phi) is 4.61. The van der Waals surface area contributed by atoms with E-state index in [1.807, 2.05) is 0 Å². The van der Waals surface area contributed by atoms with E-state index < -0.39 is 21.7 Å². The number of nitrogens with zero attached hydrogens (tertiary/aromatic N) is 3. The fourth-order valence-corrected chi connectivity index (χ4v) is 4.02. The Hall–Kier alpha value is -0.350. The van der Waals surface area contributed by atoms with Gasteiger partial charge in [-0.05, 0) is 6.42 Å². The first-order valence-electron chi connectivity index (χ1n) is 7.04. The number of rotatable bonds is 4. The summed E-state index contributed by atoms with van der Waals surface area (Å²) >= 11 is 0. The smallest absolute Gasteiger partial charge is 0.281 e. The number of β-amino-alcohol motifs (C(OH)–C–C–N with tert-alkyl or cyclic N) is 1. The zero-order valence-corrected chi connectivity index (χ0v) is 13.2. The van der Waals surface area contributed by atoms with Gasteiger partial charge in [0, 0.05) is 59.7 Å². The lowest BCUT2D eigenvalue weighted by molar-refractivity contribution is -0.0716. The third-order valence-corrected chi connectivity index (χ3v) is 6.08. The van der Waals surface area contributed by atoms with Crippen molar-refractivity contribution < 1.29 is 22.3 Å². The maximum atomic E-state index is 13.1. The van der Waals surface area contributed by atoms with Crippen LogP contribution in [-0.2, 0) is 10.2 Å². The molecule has 0 aromatic carbocycles. The Morgan fingerprint density at radius 2 is 1.71 bits per heavy atom. The number of piperidine rings is 1. The second kappa shape index (κ2) is 5.69. The number of aliphatic hydroxyl groups is 1. The molecule has 0 amide bonds. The van der Waals surface area contributed by atoms with Gasteiger partial charge in [-0.15, -0.1) is 0 Å². The lowest BCUT2D eigenvalue weighted by Gasteiger charge is -2.36. The first-order valence-corrected chi connectivity index (χ1v) is 8.44. The highest BCUT2D eigenvalue weighted by atomic mass is 32.2. The fourth-order valence-electron chi connectivity index (χ4n) is 2.83. The number of halogens is 2. The summed E-state index contributed by atoms with van der Waals surface area (Å²) in [6, 6.07) is 0. The third kappa shape index (κ3) is 3.89. The van der Waals surface area contributed by atoms with Crippen LogP contribution in [0.3, 0.4) is 0 Å². The molecule has 1 atom stereocenters. The van der Waals surface area contributed by atoms with Crippen molar-refractivity contribution in [3.8, 4) is 0 Å². The largest absolute Gasteiger partial charge is 0.387 e. The molecule has 0 spiro atoms. The SMILES string of the molecule is CN(C)S(=O)(=O)N1CC[C@@](O)(CN2CCC(F)(F)CC2)C1. The van der Waals surface area contributed by atoms with Gasteiger partial charge >= 0.3 is 0 Å². The van der Waals surface area contributed by atoms with E-state index >= 15 is 0 Å². The molecule has 6 nitrogen and oxygen atoms in total. The van der Waals surface area contributed by atoms with Crippen LogP contribution in [0.15, 0.2) is 0 Å². The van der Waals surface area contributed by atoms with Gasteiger partial charge in [0.2, 0.25) is 0 Å². The highest BCUT2D eigenvalue weighted by Crippen LogP contribution is 2.31. The molecule has 0 bridgehead atoms. The summed E-state index contributed by atoms with van der Waals surface area (Å²) in [5.41, 5.74) is -1.16. The van der Waals surface area contributed by atoms with Gasteiger partial charge in [-0.2, -0.15) is 17.0 Å². The van der Waals surface area contributed by atoms with Crippen LogP contribution in [0.4, 0.5) is 8.78 Å². The second-order valence-electron chi connectivity index (χ2n) is 6.23. The number of hydrogen-bond acceptors (Lipinski definition) is 4. The zero-order chi connectivity index (χ0) is 15.9. The van der Waals surface area contributed by atoms with E-state index in [2.05, 4.69) is 0 Å². The second-order valence-corrected chi connectivity index (χ2v) is 8.37. The number of likely N-dealkylation sites (tertiary alicyclic amines) is 1. The molecule has 9 heteroatoms. The average molecular weight is 327 g/mol. The van der Waals surface area contributed by atoms with Gasteiger partial charge < -0.3 is 5.11 Å². The molecule has 2 aliphatic rings. The molecule has 1 N–H and O–H groups in total. The molecule has 0 radical (unpaired) electrons. The predicted molar refractivity (Wildman–Crippen MR) is 74.4 cm³/mol. The van der Waals surface area contributed by atoms with E-state index in [1.54, 1.807) is 4.90 Å². The van der Waals surface area contributed by atoms with E-state index in [1.165, 1.54) is 18.4 Å². The van der Waals surface area contributed by atoms with Crippen molar-refractivity contribution in [3.05, 3.63) is 0 Å². The normalized spacial score (nSPS) is 31.9. The molecule has 0 saturated carbocycles. The minimum atomic E-state index is -3.54. The summed E-state index contributed by atoms with van der Waals surface area (Å²) in [5.74, 6) is -2.62. The third-order valence-electron chi connectivity index (χ3n) is 4.19. The molecular formula is C12H23F2N3O3S. The Labute approximate surface area is 124 Å². The lowest BCUT2D eigenvalue weighted by Crippen LogP contribution is -2.50. The van der Waals surface area contributed by atoms with Crippen LogP contribution in [0.5, 0.6) is 0 Å². The molecule has 2 fully saturated rings. The van der Waals surface area contributed by atoms with Gasteiger partial charge in [0.25, 0.3) is 16.1 Å². The van der Waals surface area contributed by atoms with Crippen molar-refractivity contribution >= 4 is 10.2 Å². The van der Waals surface area contributed by atoms with Gasteiger partial charge in [0.1, 0.15) is 0 Å². The Bertz CT molecular complexity index is 476. The highest BCUT2D eigenvalue weighted by molar-refractivity contribution is 7.86. The average Bonchev–Trinajstić information content (AvgIpc) is 2.75. The first kappa shape index (κ1) is 17.0. The van der Waals surface area contributed by atoms with E-state index in [0.29, 0.717) is 6.42 Å². The van der Waals surface area contributed by atoms with Crippen LogP contribution in [-0.4, -0.2) is 85.4 Å². The Morgan fingerprint density at radius 3 is 2.24 bits per heavy atom. The van der Waals surface area contributed by atoms with Gasteiger partial charge in [-0.3, -0.25) is 4.90 Å². The summed E-state index contributed by atoms with van der Waals surface area (Å²) < 4.78 is 52.6. The summed E-state index contributed by atoms with van der Waals surface area (Å²) in [6.07, 6.45) is -0.0848. The minimum Gasteiger partial charge on any atom is -0.387 e. The van der Waals surface area contributed by atoms with E-state index in [0.717, 1.165) is 4.31 Å². The van der Waals surface area contributed by atoms with E-state index in [-0.39, 0.29) is 45.6 Å². The van der Waals surface area contributed by atoms with Crippen molar-refractivity contribution in [1.29, 1.82) is 0 Å². The number of alkyl halides is 2. The maximum Gasteiger partial charge on any atom is 0.281 e. The van der Waals surface area contributed by atoms with Crippen LogP contribution in [0.1, 0.15) is 19.3 Å². The summed E-state index contributed by atoms with van der Waals surface area (Å²) in [4.78, 5) is 1.79. The maximum absolute atomic E-state index is 13.1. The van der Waals surface area contributed by atoms with Crippen LogP contribution in [0.2, 0.25) is 0 Å². The Morgan fingerprint density at radius 1 is 1.14 bits per heavy atom.